The van der Waals surface area contributed by atoms with Gasteiger partial charge in [0.25, 0.3) is 0 Å². The van der Waals surface area contributed by atoms with E-state index in [2.05, 4.69) is 5.92 Å². The number of hydrogen-bond donors (Lipinski definition) is 1. The van der Waals surface area contributed by atoms with Gasteiger partial charge in [-0.2, -0.15) is 0 Å². The maximum Gasteiger partial charge on any atom is 0.124 e. The summed E-state index contributed by atoms with van der Waals surface area (Å²) >= 11 is 5.83. The van der Waals surface area contributed by atoms with Crippen molar-refractivity contribution in [1.82, 2.24) is 0 Å². The first kappa shape index (κ1) is 11.0. The first-order valence-electron chi connectivity index (χ1n) is 4.29. The van der Waals surface area contributed by atoms with Crippen molar-refractivity contribution >= 4 is 11.6 Å². The molecular formula is C11H11ClFN. The van der Waals surface area contributed by atoms with Crippen LogP contribution >= 0.6 is 11.6 Å². The van der Waals surface area contributed by atoms with Crippen LogP contribution in [0.3, 0.4) is 0 Å². The standard InChI is InChI=1S/C11H11ClFN/c1-2-3-4-11(14)9-6-5-8(13)7-10(9)12/h1,5-7,11H,3-4,14H2. The summed E-state index contributed by atoms with van der Waals surface area (Å²) in [5, 5.41) is 0.356. The molecule has 0 aliphatic heterocycles. The van der Waals surface area contributed by atoms with Gasteiger partial charge in [0.05, 0.1) is 0 Å². The predicted octanol–water partition coefficient (Wildman–Crippen LogP) is 2.89. The van der Waals surface area contributed by atoms with Gasteiger partial charge in [0.15, 0.2) is 0 Å². The Morgan fingerprint density at radius 2 is 2.29 bits per heavy atom. The van der Waals surface area contributed by atoms with E-state index >= 15 is 0 Å². The normalized spacial score (nSPS) is 12.1. The van der Waals surface area contributed by atoms with Gasteiger partial charge in [-0.15, -0.1) is 12.3 Å². The van der Waals surface area contributed by atoms with Gasteiger partial charge in [-0.25, -0.2) is 4.39 Å². The fraction of sp³-hybridized carbons (Fsp3) is 0.273. The molecule has 3 heteroatoms. The molecule has 0 saturated heterocycles. The second kappa shape index (κ2) is 4.99. The van der Waals surface area contributed by atoms with Crippen molar-refractivity contribution in [2.75, 3.05) is 0 Å². The van der Waals surface area contributed by atoms with Crippen LogP contribution in [-0.2, 0) is 0 Å². The molecule has 0 aromatic heterocycles. The van der Waals surface area contributed by atoms with E-state index in [9.17, 15) is 4.39 Å². The molecule has 2 N–H and O–H groups in total. The average molecular weight is 212 g/mol. The van der Waals surface area contributed by atoms with Gasteiger partial charge in [-0.3, -0.25) is 0 Å². The lowest BCUT2D eigenvalue weighted by Gasteiger charge is -2.11. The van der Waals surface area contributed by atoms with E-state index in [1.165, 1.54) is 12.1 Å². The average Bonchev–Trinajstić information content (AvgIpc) is 2.14. The Kier molecular flexibility index (Phi) is 3.94. The van der Waals surface area contributed by atoms with E-state index in [1.54, 1.807) is 6.07 Å². The molecule has 14 heavy (non-hydrogen) atoms. The quantitative estimate of drug-likeness (QED) is 0.765. The third-order valence-corrected chi connectivity index (χ3v) is 2.29. The molecule has 1 aromatic carbocycles. The van der Waals surface area contributed by atoms with Gasteiger partial charge in [0, 0.05) is 17.5 Å². The first-order chi connectivity index (χ1) is 6.65. The molecule has 0 heterocycles. The molecule has 0 bridgehead atoms. The highest BCUT2D eigenvalue weighted by Gasteiger charge is 2.09. The molecular weight excluding hydrogens is 201 g/mol. The summed E-state index contributed by atoms with van der Waals surface area (Å²) in [6.45, 7) is 0. The van der Waals surface area contributed by atoms with Gasteiger partial charge in [0.1, 0.15) is 5.82 Å². The number of benzene rings is 1. The molecule has 0 aliphatic rings. The summed E-state index contributed by atoms with van der Waals surface area (Å²) in [5.41, 5.74) is 6.57. The molecule has 74 valence electrons. The van der Waals surface area contributed by atoms with E-state index in [0.29, 0.717) is 17.9 Å². The predicted molar refractivity (Wildman–Crippen MR) is 56.4 cm³/mol. The molecule has 0 fully saturated rings. The molecule has 1 atom stereocenters. The molecule has 0 saturated carbocycles. The second-order valence-corrected chi connectivity index (χ2v) is 3.42. The van der Waals surface area contributed by atoms with Crippen molar-refractivity contribution in [2.45, 2.75) is 18.9 Å². The minimum absolute atomic E-state index is 0.223. The lowest BCUT2D eigenvalue weighted by atomic mass is 10.0. The zero-order valence-corrected chi connectivity index (χ0v) is 8.39. The fourth-order valence-electron chi connectivity index (χ4n) is 1.20. The zero-order valence-electron chi connectivity index (χ0n) is 7.63. The molecule has 0 radical (unpaired) electrons. The Bertz CT molecular complexity index is 357. The molecule has 1 rings (SSSR count). The number of rotatable bonds is 3. The summed E-state index contributed by atoms with van der Waals surface area (Å²) < 4.78 is 12.7. The summed E-state index contributed by atoms with van der Waals surface area (Å²) in [7, 11) is 0. The molecule has 0 amide bonds. The van der Waals surface area contributed by atoms with Crippen molar-refractivity contribution in [2.24, 2.45) is 5.73 Å². The van der Waals surface area contributed by atoms with Crippen LogP contribution in [0, 0.1) is 18.2 Å². The minimum atomic E-state index is -0.358. The number of terminal acetylenes is 1. The largest absolute Gasteiger partial charge is 0.324 e. The van der Waals surface area contributed by atoms with E-state index in [0.717, 1.165) is 5.56 Å². The lowest BCUT2D eigenvalue weighted by Crippen LogP contribution is -2.10. The fourth-order valence-corrected chi connectivity index (χ4v) is 1.50. The van der Waals surface area contributed by atoms with Crippen molar-refractivity contribution < 1.29 is 4.39 Å². The number of nitrogens with two attached hydrogens (primary N) is 1. The highest BCUT2D eigenvalue weighted by molar-refractivity contribution is 6.31. The van der Waals surface area contributed by atoms with Crippen molar-refractivity contribution in [3.8, 4) is 12.3 Å². The summed E-state index contributed by atoms with van der Waals surface area (Å²) in [6.07, 6.45) is 6.37. The van der Waals surface area contributed by atoms with Crippen molar-refractivity contribution in [3.05, 3.63) is 34.6 Å². The summed E-state index contributed by atoms with van der Waals surface area (Å²) in [5.74, 6) is 2.14. The monoisotopic (exact) mass is 211 g/mol. The van der Waals surface area contributed by atoms with E-state index < -0.39 is 0 Å². The molecule has 0 aliphatic carbocycles. The van der Waals surface area contributed by atoms with Crippen LogP contribution in [0.4, 0.5) is 4.39 Å². The van der Waals surface area contributed by atoms with Gasteiger partial charge in [0.2, 0.25) is 0 Å². The van der Waals surface area contributed by atoms with Gasteiger partial charge in [-0.1, -0.05) is 17.7 Å². The van der Waals surface area contributed by atoms with Crippen LogP contribution in [0.5, 0.6) is 0 Å². The smallest absolute Gasteiger partial charge is 0.124 e. The number of halogens is 2. The highest BCUT2D eigenvalue weighted by Crippen LogP contribution is 2.24. The van der Waals surface area contributed by atoms with Crippen molar-refractivity contribution in [3.63, 3.8) is 0 Å². The molecule has 1 unspecified atom stereocenters. The Labute approximate surface area is 88.1 Å². The Hall–Kier alpha value is -1.04. The van der Waals surface area contributed by atoms with E-state index in [1.807, 2.05) is 0 Å². The van der Waals surface area contributed by atoms with Crippen LogP contribution in [0.2, 0.25) is 5.02 Å². The lowest BCUT2D eigenvalue weighted by molar-refractivity contribution is 0.621. The molecule has 1 nitrogen and oxygen atoms in total. The molecule has 1 aromatic rings. The van der Waals surface area contributed by atoms with Gasteiger partial charge in [-0.05, 0) is 24.1 Å². The van der Waals surface area contributed by atoms with Crippen LogP contribution in [0.25, 0.3) is 0 Å². The summed E-state index contributed by atoms with van der Waals surface area (Å²) in [4.78, 5) is 0. The third kappa shape index (κ3) is 2.73. The summed E-state index contributed by atoms with van der Waals surface area (Å²) in [6, 6.07) is 3.97. The van der Waals surface area contributed by atoms with Crippen molar-refractivity contribution in [1.29, 1.82) is 0 Å². The van der Waals surface area contributed by atoms with Crippen LogP contribution in [0.1, 0.15) is 24.4 Å². The second-order valence-electron chi connectivity index (χ2n) is 3.02. The number of hydrogen-bond acceptors (Lipinski definition) is 1. The Balaban J connectivity index is 2.80. The van der Waals surface area contributed by atoms with Crippen LogP contribution in [-0.4, -0.2) is 0 Å². The van der Waals surface area contributed by atoms with Crippen LogP contribution in [0.15, 0.2) is 18.2 Å². The van der Waals surface area contributed by atoms with E-state index in [4.69, 9.17) is 23.8 Å². The highest BCUT2D eigenvalue weighted by atomic mass is 35.5. The van der Waals surface area contributed by atoms with E-state index in [-0.39, 0.29) is 11.9 Å². The third-order valence-electron chi connectivity index (χ3n) is 1.96. The maximum absolute atomic E-state index is 12.7. The van der Waals surface area contributed by atoms with Crippen LogP contribution < -0.4 is 5.73 Å². The first-order valence-corrected chi connectivity index (χ1v) is 4.67. The Morgan fingerprint density at radius 1 is 1.57 bits per heavy atom. The van der Waals surface area contributed by atoms with Gasteiger partial charge >= 0.3 is 0 Å². The Morgan fingerprint density at radius 3 is 2.86 bits per heavy atom. The SMILES string of the molecule is C#CCCC(N)c1ccc(F)cc1Cl. The topological polar surface area (TPSA) is 26.0 Å². The maximum atomic E-state index is 12.7. The molecule has 0 spiro atoms. The van der Waals surface area contributed by atoms with Gasteiger partial charge < -0.3 is 5.73 Å². The zero-order chi connectivity index (χ0) is 10.6. The minimum Gasteiger partial charge on any atom is -0.324 e.